The first-order chi connectivity index (χ1) is 12.1. The van der Waals surface area contributed by atoms with E-state index in [1.807, 2.05) is 14.1 Å². The molecule has 1 unspecified atom stereocenters. The highest BCUT2D eigenvalue weighted by Crippen LogP contribution is 2.19. The highest BCUT2D eigenvalue weighted by molar-refractivity contribution is 5.94. The Balaban J connectivity index is 1.68. The van der Waals surface area contributed by atoms with E-state index in [0.717, 1.165) is 30.6 Å². The molecule has 0 radical (unpaired) electrons. The molecule has 1 atom stereocenters. The van der Waals surface area contributed by atoms with Crippen LogP contribution in [-0.4, -0.2) is 48.2 Å². The number of nitrogens with zero attached hydrogens (tertiary/aromatic N) is 2. The van der Waals surface area contributed by atoms with Crippen LogP contribution < -0.4 is 10.6 Å². The Bertz CT molecular complexity index is 720. The topological polar surface area (TPSA) is 73.0 Å². The lowest BCUT2D eigenvalue weighted by molar-refractivity contribution is 0.0935. The summed E-state index contributed by atoms with van der Waals surface area (Å²) in [6.45, 7) is 4.32. The molecule has 0 spiro atoms. The van der Waals surface area contributed by atoms with Crippen LogP contribution in [0.1, 0.15) is 45.8 Å². The van der Waals surface area contributed by atoms with Gasteiger partial charge in [-0.1, -0.05) is 31.2 Å². The fourth-order valence-electron chi connectivity index (χ4n) is 3.26. The van der Waals surface area contributed by atoms with Crippen LogP contribution in [0.4, 0.5) is 0 Å². The number of rotatable bonds is 6. The number of aryl methyl sites for hydroxylation is 1. The Morgan fingerprint density at radius 3 is 2.76 bits per heavy atom. The number of H-pyrrole nitrogens is 1. The van der Waals surface area contributed by atoms with Crippen LogP contribution in [0.2, 0.25) is 0 Å². The highest BCUT2D eigenvalue weighted by Gasteiger charge is 2.23. The molecule has 0 fully saturated rings. The first-order valence-electron chi connectivity index (χ1n) is 8.90. The molecule has 2 aromatic rings. The number of amides is 1. The maximum Gasteiger partial charge on any atom is 0.272 e. The largest absolute Gasteiger partial charge is 0.349 e. The van der Waals surface area contributed by atoms with Gasteiger partial charge in [0.15, 0.2) is 5.69 Å². The van der Waals surface area contributed by atoms with Gasteiger partial charge in [0.2, 0.25) is 0 Å². The molecule has 134 valence electrons. The van der Waals surface area contributed by atoms with Gasteiger partial charge in [0.25, 0.3) is 5.91 Å². The third-order valence-electron chi connectivity index (χ3n) is 4.87. The second-order valence-electron chi connectivity index (χ2n) is 6.74. The molecule has 6 nitrogen and oxygen atoms in total. The van der Waals surface area contributed by atoms with Crippen molar-refractivity contribution in [2.45, 2.75) is 32.4 Å². The quantitative estimate of drug-likeness (QED) is 0.747. The van der Waals surface area contributed by atoms with Gasteiger partial charge >= 0.3 is 0 Å². The monoisotopic (exact) mass is 341 g/mol. The molecule has 3 rings (SSSR count). The molecule has 1 aromatic carbocycles. The van der Waals surface area contributed by atoms with Crippen molar-refractivity contribution in [2.75, 3.05) is 27.2 Å². The van der Waals surface area contributed by atoms with Gasteiger partial charge in [0.1, 0.15) is 0 Å². The van der Waals surface area contributed by atoms with E-state index >= 15 is 0 Å². The molecule has 1 aliphatic rings. The van der Waals surface area contributed by atoms with Crippen LogP contribution in [-0.2, 0) is 19.4 Å². The van der Waals surface area contributed by atoms with Crippen molar-refractivity contribution in [3.63, 3.8) is 0 Å². The minimum Gasteiger partial charge on any atom is -0.349 e. The van der Waals surface area contributed by atoms with Crippen molar-refractivity contribution in [1.82, 2.24) is 25.7 Å². The number of aromatic nitrogens is 2. The van der Waals surface area contributed by atoms with E-state index in [-0.39, 0.29) is 11.9 Å². The lowest BCUT2D eigenvalue weighted by atomic mass is 10.0. The van der Waals surface area contributed by atoms with Crippen molar-refractivity contribution in [3.8, 4) is 0 Å². The van der Waals surface area contributed by atoms with E-state index in [4.69, 9.17) is 0 Å². The third kappa shape index (κ3) is 3.91. The Labute approximate surface area is 149 Å². The second kappa shape index (κ2) is 7.80. The van der Waals surface area contributed by atoms with Gasteiger partial charge in [-0.2, -0.15) is 5.10 Å². The van der Waals surface area contributed by atoms with Crippen LogP contribution in [0.3, 0.4) is 0 Å². The number of benzene rings is 1. The smallest absolute Gasteiger partial charge is 0.272 e. The van der Waals surface area contributed by atoms with E-state index in [9.17, 15) is 4.79 Å². The SMILES string of the molecule is CCc1ccc(C(CNC(=O)c2n[nH]c3c2CNCC3)N(C)C)cc1. The Morgan fingerprint density at radius 2 is 2.08 bits per heavy atom. The van der Waals surface area contributed by atoms with Crippen LogP contribution in [0.5, 0.6) is 0 Å². The van der Waals surface area contributed by atoms with E-state index in [2.05, 4.69) is 56.9 Å². The van der Waals surface area contributed by atoms with Crippen LogP contribution in [0.25, 0.3) is 0 Å². The predicted molar refractivity (Wildman–Crippen MR) is 98.6 cm³/mol. The van der Waals surface area contributed by atoms with Gasteiger partial charge in [-0.3, -0.25) is 9.89 Å². The maximum absolute atomic E-state index is 12.6. The zero-order valence-corrected chi connectivity index (χ0v) is 15.2. The Kier molecular flexibility index (Phi) is 5.50. The molecule has 0 aliphatic carbocycles. The first-order valence-corrected chi connectivity index (χ1v) is 8.90. The summed E-state index contributed by atoms with van der Waals surface area (Å²) in [6, 6.07) is 8.74. The number of carbonyl (C=O) groups excluding carboxylic acids is 1. The lowest BCUT2D eigenvalue weighted by Crippen LogP contribution is -2.35. The zero-order chi connectivity index (χ0) is 17.8. The predicted octanol–water partition coefficient (Wildman–Crippen LogP) is 1.65. The zero-order valence-electron chi connectivity index (χ0n) is 15.2. The van der Waals surface area contributed by atoms with Gasteiger partial charge < -0.3 is 15.5 Å². The molecule has 2 heterocycles. The molecule has 0 saturated carbocycles. The molecule has 0 saturated heterocycles. The van der Waals surface area contributed by atoms with Gasteiger partial charge in [-0.25, -0.2) is 0 Å². The number of aromatic amines is 1. The van der Waals surface area contributed by atoms with Gasteiger partial charge in [-0.05, 0) is 31.6 Å². The van der Waals surface area contributed by atoms with Crippen LogP contribution in [0, 0.1) is 0 Å². The molecular weight excluding hydrogens is 314 g/mol. The van der Waals surface area contributed by atoms with E-state index in [1.165, 1.54) is 11.1 Å². The number of nitrogens with one attached hydrogen (secondary N) is 3. The number of hydrogen-bond donors (Lipinski definition) is 3. The summed E-state index contributed by atoms with van der Waals surface area (Å²) < 4.78 is 0. The summed E-state index contributed by atoms with van der Waals surface area (Å²) >= 11 is 0. The van der Waals surface area contributed by atoms with Crippen LogP contribution in [0.15, 0.2) is 24.3 Å². The number of hydrogen-bond acceptors (Lipinski definition) is 4. The van der Waals surface area contributed by atoms with Gasteiger partial charge in [-0.15, -0.1) is 0 Å². The molecule has 1 aromatic heterocycles. The normalized spacial score (nSPS) is 15.0. The van der Waals surface area contributed by atoms with Crippen molar-refractivity contribution in [1.29, 1.82) is 0 Å². The van der Waals surface area contributed by atoms with E-state index in [1.54, 1.807) is 0 Å². The van der Waals surface area contributed by atoms with Crippen molar-refractivity contribution in [3.05, 3.63) is 52.3 Å². The summed E-state index contributed by atoms with van der Waals surface area (Å²) in [6.07, 6.45) is 1.92. The molecule has 6 heteroatoms. The first kappa shape index (κ1) is 17.6. The van der Waals surface area contributed by atoms with Crippen molar-refractivity contribution >= 4 is 5.91 Å². The Morgan fingerprint density at radius 1 is 1.32 bits per heavy atom. The molecule has 1 amide bonds. The third-order valence-corrected chi connectivity index (χ3v) is 4.87. The number of fused-ring (bicyclic) bond motifs is 1. The molecule has 25 heavy (non-hydrogen) atoms. The average Bonchev–Trinajstić information content (AvgIpc) is 3.06. The minimum absolute atomic E-state index is 0.113. The number of carbonyl (C=O) groups is 1. The fourth-order valence-corrected chi connectivity index (χ4v) is 3.26. The summed E-state index contributed by atoms with van der Waals surface area (Å²) in [5.41, 5.74) is 5.11. The average molecular weight is 341 g/mol. The fraction of sp³-hybridized carbons (Fsp3) is 0.474. The van der Waals surface area contributed by atoms with Gasteiger partial charge in [0, 0.05) is 37.3 Å². The molecule has 0 bridgehead atoms. The molecule has 1 aliphatic heterocycles. The maximum atomic E-state index is 12.6. The van der Waals surface area contributed by atoms with Crippen molar-refractivity contribution in [2.24, 2.45) is 0 Å². The standard InChI is InChI=1S/C19H27N5O/c1-4-13-5-7-14(8-6-13)17(24(2)3)12-21-19(25)18-15-11-20-10-9-16(15)22-23-18/h5-8,17,20H,4,9-12H2,1-3H3,(H,21,25)(H,22,23). The second-order valence-corrected chi connectivity index (χ2v) is 6.74. The Hall–Kier alpha value is -2.18. The van der Waals surface area contributed by atoms with Crippen molar-refractivity contribution < 1.29 is 4.79 Å². The van der Waals surface area contributed by atoms with E-state index < -0.39 is 0 Å². The summed E-state index contributed by atoms with van der Waals surface area (Å²) in [7, 11) is 4.07. The number of likely N-dealkylation sites (N-methyl/N-ethyl adjacent to an activating group) is 1. The van der Waals surface area contributed by atoms with Gasteiger partial charge in [0.05, 0.1) is 6.04 Å². The molecule has 3 N–H and O–H groups in total. The molecular formula is C19H27N5O. The van der Waals surface area contributed by atoms with E-state index in [0.29, 0.717) is 18.8 Å². The summed E-state index contributed by atoms with van der Waals surface area (Å²) in [5.74, 6) is -0.113. The summed E-state index contributed by atoms with van der Waals surface area (Å²) in [5, 5.41) is 13.6. The van der Waals surface area contributed by atoms with Crippen LogP contribution >= 0.6 is 0 Å². The minimum atomic E-state index is -0.113. The highest BCUT2D eigenvalue weighted by atomic mass is 16.1. The summed E-state index contributed by atoms with van der Waals surface area (Å²) in [4.78, 5) is 14.7. The lowest BCUT2D eigenvalue weighted by Gasteiger charge is -2.25.